The van der Waals surface area contributed by atoms with E-state index in [1.54, 1.807) is 5.57 Å². The van der Waals surface area contributed by atoms with E-state index in [1.807, 2.05) is 20.8 Å². The fourth-order valence-corrected chi connectivity index (χ4v) is 4.65. The van der Waals surface area contributed by atoms with Crippen molar-refractivity contribution in [1.82, 2.24) is 5.32 Å². The minimum Gasteiger partial charge on any atom is -0.460 e. The topological polar surface area (TPSA) is 38.3 Å². The number of rotatable bonds is 7. The number of benzene rings is 1. The molecule has 3 nitrogen and oxygen atoms in total. The number of hydrogen-bond donors (Lipinski definition) is 1. The molecule has 2 aliphatic carbocycles. The van der Waals surface area contributed by atoms with Crippen molar-refractivity contribution < 1.29 is 9.53 Å². The molecule has 0 aromatic heterocycles. The number of nitrogens with one attached hydrogen (secondary N) is 1. The van der Waals surface area contributed by atoms with Crippen LogP contribution in [-0.2, 0) is 9.53 Å². The van der Waals surface area contributed by atoms with E-state index in [1.165, 1.54) is 24.8 Å². The van der Waals surface area contributed by atoms with Gasteiger partial charge >= 0.3 is 5.97 Å². The third kappa shape index (κ3) is 6.99. The smallest absolute Gasteiger partial charge is 0.306 e. The zero-order valence-electron chi connectivity index (χ0n) is 18.9. The summed E-state index contributed by atoms with van der Waals surface area (Å²) in [6.07, 6.45) is 8.85. The Kier molecular flexibility index (Phi) is 7.21. The van der Waals surface area contributed by atoms with Crippen molar-refractivity contribution in [2.75, 3.05) is 0 Å². The first-order chi connectivity index (χ1) is 13.7. The van der Waals surface area contributed by atoms with Crippen molar-refractivity contribution in [3.05, 3.63) is 41.5 Å². The van der Waals surface area contributed by atoms with Gasteiger partial charge in [0.2, 0.25) is 0 Å². The van der Waals surface area contributed by atoms with Gasteiger partial charge in [0, 0.05) is 18.5 Å². The van der Waals surface area contributed by atoms with Gasteiger partial charge in [-0.05, 0) is 76.2 Å². The summed E-state index contributed by atoms with van der Waals surface area (Å²) in [4.78, 5) is 12.1. The molecule has 0 spiro atoms. The lowest BCUT2D eigenvalue weighted by atomic mass is 9.84. The fraction of sp³-hybridized carbons (Fsp3) is 0.654. The first kappa shape index (κ1) is 22.1. The molecule has 0 amide bonds. The monoisotopic (exact) mass is 397 g/mol. The van der Waals surface area contributed by atoms with Crippen LogP contribution in [0.4, 0.5) is 0 Å². The largest absolute Gasteiger partial charge is 0.460 e. The molecule has 3 rings (SSSR count). The summed E-state index contributed by atoms with van der Waals surface area (Å²) in [7, 11) is 0. The van der Waals surface area contributed by atoms with E-state index in [9.17, 15) is 4.79 Å². The predicted octanol–water partition coefficient (Wildman–Crippen LogP) is 5.99. The Hall–Kier alpha value is -1.61. The van der Waals surface area contributed by atoms with E-state index in [0.717, 1.165) is 12.8 Å². The van der Waals surface area contributed by atoms with E-state index in [2.05, 4.69) is 55.6 Å². The van der Waals surface area contributed by atoms with Gasteiger partial charge in [-0.2, -0.15) is 0 Å². The molecule has 0 saturated heterocycles. The van der Waals surface area contributed by atoms with Gasteiger partial charge in [0.25, 0.3) is 0 Å². The Balaban J connectivity index is 1.45. The van der Waals surface area contributed by atoms with Crippen LogP contribution in [0.5, 0.6) is 0 Å². The highest BCUT2D eigenvalue weighted by Crippen LogP contribution is 2.42. The van der Waals surface area contributed by atoms with Crippen molar-refractivity contribution in [2.24, 2.45) is 17.8 Å². The molecule has 0 radical (unpaired) electrons. The van der Waals surface area contributed by atoms with Gasteiger partial charge in [-0.3, -0.25) is 4.79 Å². The second-order valence-electron chi connectivity index (χ2n) is 10.3. The first-order valence-electron chi connectivity index (χ1n) is 11.5. The molecule has 2 aliphatic rings. The van der Waals surface area contributed by atoms with Crippen LogP contribution in [0.25, 0.3) is 6.08 Å². The molecule has 160 valence electrons. The molecular formula is C26H39NO2. The van der Waals surface area contributed by atoms with Crippen molar-refractivity contribution in [3.8, 4) is 0 Å². The van der Waals surface area contributed by atoms with Crippen molar-refractivity contribution >= 4 is 12.0 Å². The molecule has 0 bridgehead atoms. The Morgan fingerprint density at radius 2 is 1.79 bits per heavy atom. The van der Waals surface area contributed by atoms with Gasteiger partial charge in [-0.15, -0.1) is 0 Å². The van der Waals surface area contributed by atoms with Crippen molar-refractivity contribution in [2.45, 2.75) is 90.8 Å². The van der Waals surface area contributed by atoms with E-state index >= 15 is 0 Å². The lowest BCUT2D eigenvalue weighted by Gasteiger charge is -2.30. The van der Waals surface area contributed by atoms with Crippen LogP contribution in [-0.4, -0.2) is 23.7 Å². The standard InChI is InChI=1S/C26H39NO2/c1-18(2)22(15-19-9-7-6-8-10-19)23-17-24(23)27-21-13-11-20(12-14-21)16-25(28)29-26(3,4)5/h6-10,15,18,20-21,23-24,27H,11-14,16-17H2,1-5H3/b22-15+/t20?,21?,23-,24+/m1/s1. The van der Waals surface area contributed by atoms with E-state index in [0.29, 0.717) is 36.3 Å². The maximum atomic E-state index is 12.1. The van der Waals surface area contributed by atoms with Gasteiger partial charge < -0.3 is 10.1 Å². The number of carbonyl (C=O) groups excluding carboxylic acids is 1. The van der Waals surface area contributed by atoms with Gasteiger partial charge in [-0.25, -0.2) is 0 Å². The first-order valence-corrected chi connectivity index (χ1v) is 11.5. The zero-order valence-corrected chi connectivity index (χ0v) is 18.9. The summed E-state index contributed by atoms with van der Waals surface area (Å²) < 4.78 is 5.49. The maximum absolute atomic E-state index is 12.1. The van der Waals surface area contributed by atoms with Gasteiger partial charge in [0.15, 0.2) is 0 Å². The number of carbonyl (C=O) groups is 1. The average Bonchev–Trinajstić information content (AvgIpc) is 3.39. The summed E-state index contributed by atoms with van der Waals surface area (Å²) in [5, 5.41) is 3.92. The molecule has 0 aliphatic heterocycles. The van der Waals surface area contributed by atoms with Crippen molar-refractivity contribution in [3.63, 3.8) is 0 Å². The van der Waals surface area contributed by atoms with Crippen molar-refractivity contribution in [1.29, 1.82) is 0 Å². The molecule has 29 heavy (non-hydrogen) atoms. The van der Waals surface area contributed by atoms with Gasteiger partial charge in [0.1, 0.15) is 5.60 Å². The zero-order chi connectivity index (χ0) is 21.0. The van der Waals surface area contributed by atoms with Gasteiger partial charge in [-0.1, -0.05) is 55.8 Å². The molecule has 1 aromatic carbocycles. The van der Waals surface area contributed by atoms with E-state index < -0.39 is 0 Å². The van der Waals surface area contributed by atoms with Crippen LogP contribution in [0.2, 0.25) is 0 Å². The second kappa shape index (κ2) is 9.47. The lowest BCUT2D eigenvalue weighted by molar-refractivity contribution is -0.156. The highest BCUT2D eigenvalue weighted by molar-refractivity contribution is 5.70. The molecule has 3 heteroatoms. The van der Waals surface area contributed by atoms with Crippen LogP contribution < -0.4 is 5.32 Å². The molecule has 0 unspecified atom stereocenters. The summed E-state index contributed by atoms with van der Waals surface area (Å²) in [6.45, 7) is 10.4. The van der Waals surface area contributed by atoms with Crippen LogP contribution >= 0.6 is 0 Å². The van der Waals surface area contributed by atoms with Crippen LogP contribution in [0.1, 0.15) is 78.7 Å². The fourth-order valence-electron chi connectivity index (χ4n) is 4.65. The average molecular weight is 398 g/mol. The highest BCUT2D eigenvalue weighted by atomic mass is 16.6. The van der Waals surface area contributed by atoms with Crippen LogP contribution in [0.3, 0.4) is 0 Å². The summed E-state index contributed by atoms with van der Waals surface area (Å²) >= 11 is 0. The SMILES string of the molecule is CC(C)/C(=C\c1ccccc1)[C@H]1C[C@@H]1NC1CCC(CC(=O)OC(C)(C)C)CC1. The second-order valence-corrected chi connectivity index (χ2v) is 10.3. The molecule has 0 heterocycles. The van der Waals surface area contributed by atoms with Crippen LogP contribution in [0.15, 0.2) is 35.9 Å². The Morgan fingerprint density at radius 3 is 2.38 bits per heavy atom. The molecule has 2 fully saturated rings. The van der Waals surface area contributed by atoms with Crippen LogP contribution in [0, 0.1) is 17.8 Å². The normalized spacial score (nSPS) is 27.7. The number of hydrogen-bond acceptors (Lipinski definition) is 3. The minimum absolute atomic E-state index is 0.0382. The third-order valence-corrected chi connectivity index (χ3v) is 6.19. The molecule has 1 N–H and O–H groups in total. The molecule has 1 aromatic rings. The van der Waals surface area contributed by atoms with E-state index in [4.69, 9.17) is 4.74 Å². The lowest BCUT2D eigenvalue weighted by Crippen LogP contribution is -2.36. The summed E-state index contributed by atoms with van der Waals surface area (Å²) in [6, 6.07) is 11.9. The number of ether oxygens (including phenoxy) is 1. The Morgan fingerprint density at radius 1 is 1.14 bits per heavy atom. The molecular weight excluding hydrogens is 358 g/mol. The quantitative estimate of drug-likeness (QED) is 0.574. The van der Waals surface area contributed by atoms with Gasteiger partial charge in [0.05, 0.1) is 0 Å². The van der Waals surface area contributed by atoms with E-state index in [-0.39, 0.29) is 11.6 Å². The Bertz CT molecular complexity index is 693. The molecule has 2 atom stereocenters. The molecule has 2 saturated carbocycles. The highest BCUT2D eigenvalue weighted by Gasteiger charge is 2.42. The number of esters is 1. The maximum Gasteiger partial charge on any atom is 0.306 e. The predicted molar refractivity (Wildman–Crippen MR) is 120 cm³/mol. The third-order valence-electron chi connectivity index (χ3n) is 6.19. The summed E-state index contributed by atoms with van der Waals surface area (Å²) in [5.74, 6) is 1.71. The Labute approximate surface area is 177 Å². The minimum atomic E-state index is -0.377. The summed E-state index contributed by atoms with van der Waals surface area (Å²) in [5.41, 5.74) is 2.51.